The lowest BCUT2D eigenvalue weighted by Crippen LogP contribution is -2.43. The zero-order chi connectivity index (χ0) is 16.3. The van der Waals surface area contributed by atoms with Gasteiger partial charge >= 0.3 is 5.97 Å². The molecule has 0 bridgehead atoms. The summed E-state index contributed by atoms with van der Waals surface area (Å²) in [7, 11) is 1.45. The predicted molar refractivity (Wildman–Crippen MR) is 90.4 cm³/mol. The summed E-state index contributed by atoms with van der Waals surface area (Å²) in [5.41, 5.74) is 5.16. The normalized spacial score (nSPS) is 26.1. The van der Waals surface area contributed by atoms with Crippen LogP contribution in [0.15, 0.2) is 54.1 Å². The zero-order valence-corrected chi connectivity index (χ0v) is 13.5. The number of carbonyl (C=O) groups is 1. The first-order valence-electron chi connectivity index (χ1n) is 8.41. The van der Waals surface area contributed by atoms with Gasteiger partial charge in [-0.2, -0.15) is 0 Å². The van der Waals surface area contributed by atoms with Crippen molar-refractivity contribution in [3.63, 3.8) is 0 Å². The van der Waals surface area contributed by atoms with E-state index < -0.39 is 5.60 Å². The molecule has 0 aromatic heterocycles. The molecule has 1 heterocycles. The van der Waals surface area contributed by atoms with Gasteiger partial charge in [-0.25, -0.2) is 4.79 Å². The maximum absolute atomic E-state index is 12.8. The third-order valence-electron chi connectivity index (χ3n) is 5.67. The second-order valence-corrected chi connectivity index (χ2v) is 6.80. The Morgan fingerprint density at radius 3 is 2.67 bits per heavy atom. The Bertz CT molecular complexity index is 895. The van der Waals surface area contributed by atoms with Crippen molar-refractivity contribution in [1.29, 1.82) is 0 Å². The van der Waals surface area contributed by atoms with Gasteiger partial charge in [0.25, 0.3) is 0 Å². The van der Waals surface area contributed by atoms with E-state index in [0.29, 0.717) is 6.42 Å². The Morgan fingerprint density at radius 2 is 1.83 bits per heavy atom. The van der Waals surface area contributed by atoms with Crippen LogP contribution in [0.1, 0.15) is 34.6 Å². The van der Waals surface area contributed by atoms with E-state index in [1.165, 1.54) is 29.4 Å². The van der Waals surface area contributed by atoms with Crippen molar-refractivity contribution in [1.82, 2.24) is 0 Å². The van der Waals surface area contributed by atoms with Crippen molar-refractivity contribution in [3.8, 4) is 0 Å². The maximum atomic E-state index is 12.8. The average Bonchev–Trinajstić information content (AvgIpc) is 3.13. The SMILES string of the molecule is COC(=O)C12Cc3ccccc3C1C1=C(O2)c2ccccc2CC1. The standard InChI is InChI=1S/C21H18O3/c1-23-20(22)21-12-14-7-3-4-8-15(14)18(21)17-11-10-13-6-2-5-9-16(13)19(17)24-21/h2-9,18H,10-12H2,1H3. The lowest BCUT2D eigenvalue weighted by atomic mass is 9.78. The summed E-state index contributed by atoms with van der Waals surface area (Å²) in [6.45, 7) is 0. The summed E-state index contributed by atoms with van der Waals surface area (Å²) >= 11 is 0. The van der Waals surface area contributed by atoms with E-state index in [0.717, 1.165) is 24.2 Å². The molecule has 3 nitrogen and oxygen atoms in total. The first-order valence-corrected chi connectivity index (χ1v) is 8.41. The molecule has 0 fully saturated rings. The second kappa shape index (κ2) is 4.73. The molecule has 3 aliphatic rings. The minimum Gasteiger partial charge on any atom is -0.474 e. The summed E-state index contributed by atoms with van der Waals surface area (Å²) in [4.78, 5) is 12.8. The number of aryl methyl sites for hydroxylation is 1. The molecule has 0 spiro atoms. The molecule has 24 heavy (non-hydrogen) atoms. The minimum atomic E-state index is -0.930. The predicted octanol–water partition coefficient (Wildman–Crippen LogP) is 3.63. The number of ether oxygens (including phenoxy) is 2. The summed E-state index contributed by atoms with van der Waals surface area (Å²) < 4.78 is 11.6. The fourth-order valence-corrected chi connectivity index (χ4v) is 4.68. The lowest BCUT2D eigenvalue weighted by molar-refractivity contribution is -0.160. The molecule has 2 aromatic rings. The van der Waals surface area contributed by atoms with E-state index in [1.54, 1.807) is 0 Å². The first-order chi connectivity index (χ1) is 11.7. The Labute approximate surface area is 140 Å². The number of methoxy groups -OCH3 is 1. The molecule has 5 rings (SSSR count). The zero-order valence-electron chi connectivity index (χ0n) is 13.5. The van der Waals surface area contributed by atoms with Crippen molar-refractivity contribution in [2.24, 2.45) is 0 Å². The van der Waals surface area contributed by atoms with E-state index in [9.17, 15) is 4.79 Å². The van der Waals surface area contributed by atoms with Gasteiger partial charge in [0.05, 0.1) is 13.0 Å². The molecule has 120 valence electrons. The highest BCUT2D eigenvalue weighted by molar-refractivity contribution is 5.90. The van der Waals surface area contributed by atoms with Gasteiger partial charge in [-0.1, -0.05) is 48.5 Å². The van der Waals surface area contributed by atoms with E-state index in [4.69, 9.17) is 9.47 Å². The molecule has 0 radical (unpaired) electrons. The van der Waals surface area contributed by atoms with Crippen molar-refractivity contribution in [2.75, 3.05) is 7.11 Å². The Hall–Kier alpha value is -2.55. The van der Waals surface area contributed by atoms with Crippen LogP contribution in [0.5, 0.6) is 0 Å². The second-order valence-electron chi connectivity index (χ2n) is 6.80. The number of hydrogen-bond donors (Lipinski definition) is 0. The van der Waals surface area contributed by atoms with E-state index in [-0.39, 0.29) is 11.9 Å². The van der Waals surface area contributed by atoms with Crippen molar-refractivity contribution in [3.05, 3.63) is 76.4 Å². The molecular weight excluding hydrogens is 300 g/mol. The number of esters is 1. The molecule has 2 aromatic carbocycles. The lowest BCUT2D eigenvalue weighted by Gasteiger charge is -2.27. The van der Waals surface area contributed by atoms with Gasteiger partial charge in [0.15, 0.2) is 0 Å². The van der Waals surface area contributed by atoms with Gasteiger partial charge in [-0.05, 0) is 35.1 Å². The van der Waals surface area contributed by atoms with Gasteiger partial charge in [-0.3, -0.25) is 0 Å². The van der Waals surface area contributed by atoms with E-state index in [1.807, 2.05) is 18.2 Å². The van der Waals surface area contributed by atoms with Crippen LogP contribution in [0, 0.1) is 0 Å². The van der Waals surface area contributed by atoms with Crippen LogP contribution in [-0.2, 0) is 27.1 Å². The average molecular weight is 318 g/mol. The monoisotopic (exact) mass is 318 g/mol. The number of rotatable bonds is 1. The van der Waals surface area contributed by atoms with Crippen molar-refractivity contribution < 1.29 is 14.3 Å². The fraction of sp³-hybridized carbons (Fsp3) is 0.286. The maximum Gasteiger partial charge on any atom is 0.351 e. The minimum absolute atomic E-state index is 0.0236. The first kappa shape index (κ1) is 13.8. The molecule has 0 saturated heterocycles. The summed E-state index contributed by atoms with van der Waals surface area (Å²) in [5, 5.41) is 0. The molecule has 0 N–H and O–H groups in total. The summed E-state index contributed by atoms with van der Waals surface area (Å²) in [6.07, 6.45) is 2.51. The highest BCUT2D eigenvalue weighted by atomic mass is 16.6. The van der Waals surface area contributed by atoms with Gasteiger partial charge in [0.1, 0.15) is 5.76 Å². The number of benzene rings is 2. The van der Waals surface area contributed by atoms with Crippen LogP contribution in [0.3, 0.4) is 0 Å². The number of carbonyl (C=O) groups excluding carboxylic acids is 1. The van der Waals surface area contributed by atoms with Gasteiger partial charge < -0.3 is 9.47 Å². The van der Waals surface area contributed by atoms with E-state index >= 15 is 0 Å². The Balaban J connectivity index is 1.73. The molecule has 2 aliphatic carbocycles. The molecule has 0 saturated carbocycles. The quantitative estimate of drug-likeness (QED) is 0.753. The largest absolute Gasteiger partial charge is 0.474 e. The van der Waals surface area contributed by atoms with Gasteiger partial charge in [-0.15, -0.1) is 0 Å². The van der Waals surface area contributed by atoms with Crippen LogP contribution < -0.4 is 0 Å². The van der Waals surface area contributed by atoms with Crippen molar-refractivity contribution >= 4 is 11.7 Å². The van der Waals surface area contributed by atoms with Crippen LogP contribution in [0.4, 0.5) is 0 Å². The molecule has 3 heteroatoms. The molecule has 0 amide bonds. The fourth-order valence-electron chi connectivity index (χ4n) is 4.68. The topological polar surface area (TPSA) is 35.5 Å². The summed E-state index contributed by atoms with van der Waals surface area (Å²) in [5.74, 6) is 0.613. The summed E-state index contributed by atoms with van der Waals surface area (Å²) in [6, 6.07) is 16.6. The highest BCUT2D eigenvalue weighted by Crippen LogP contribution is 2.58. The number of fused-ring (bicyclic) bond motifs is 6. The van der Waals surface area contributed by atoms with Gasteiger partial charge in [0.2, 0.25) is 5.60 Å². The van der Waals surface area contributed by atoms with E-state index in [2.05, 4.69) is 30.3 Å². The van der Waals surface area contributed by atoms with Gasteiger partial charge in [0, 0.05) is 12.0 Å². The Morgan fingerprint density at radius 1 is 1.08 bits per heavy atom. The smallest absolute Gasteiger partial charge is 0.351 e. The molecule has 1 aliphatic heterocycles. The Kier molecular flexibility index (Phi) is 2.73. The van der Waals surface area contributed by atoms with Crippen molar-refractivity contribution in [2.45, 2.75) is 30.8 Å². The highest BCUT2D eigenvalue weighted by Gasteiger charge is 2.61. The number of hydrogen-bond acceptors (Lipinski definition) is 3. The molecule has 2 unspecified atom stereocenters. The molecular formula is C21H18O3. The third kappa shape index (κ3) is 1.59. The molecule has 2 atom stereocenters. The van der Waals surface area contributed by atoms with Crippen LogP contribution >= 0.6 is 0 Å². The van der Waals surface area contributed by atoms with Crippen LogP contribution in [0.25, 0.3) is 5.76 Å². The van der Waals surface area contributed by atoms with Crippen LogP contribution in [0.2, 0.25) is 0 Å². The van der Waals surface area contributed by atoms with Crippen LogP contribution in [-0.4, -0.2) is 18.7 Å². The third-order valence-corrected chi connectivity index (χ3v) is 5.67.